The fourth-order valence-corrected chi connectivity index (χ4v) is 9.87. The van der Waals surface area contributed by atoms with Crippen LogP contribution in [0.3, 0.4) is 0 Å². The zero-order valence-corrected chi connectivity index (χ0v) is 62.7. The van der Waals surface area contributed by atoms with Crippen LogP contribution in [0.15, 0.2) is 72.8 Å². The first-order chi connectivity index (χ1) is 49.8. The first kappa shape index (κ1) is 93.1. The number of nitrogens with one attached hydrogen (secondary N) is 4. The zero-order chi connectivity index (χ0) is 77.0. The van der Waals surface area contributed by atoms with Gasteiger partial charge in [0.1, 0.15) is 23.7 Å². The Morgan fingerprint density at radius 1 is 0.442 bits per heavy atom. The molecular formula is C70H103Cl3N8O22S. The molecule has 4 atom stereocenters. The average Bonchev–Trinajstić information content (AvgIpc) is 1.88. The number of unbranched alkanes of at least 4 members (excludes halogenated alkanes) is 2. The van der Waals surface area contributed by atoms with Gasteiger partial charge in [-0.15, -0.1) is 11.6 Å². The highest BCUT2D eigenvalue weighted by molar-refractivity contribution is 8.26. The molecule has 0 radical (unpaired) electrons. The molecule has 0 bridgehead atoms. The van der Waals surface area contributed by atoms with Crippen LogP contribution in [0.5, 0.6) is 0 Å². The molecule has 34 heteroatoms. The second kappa shape index (κ2) is 56.4. The lowest BCUT2D eigenvalue weighted by Crippen LogP contribution is -2.47. The molecule has 0 saturated heterocycles. The summed E-state index contributed by atoms with van der Waals surface area (Å²) in [6, 6.07) is 12.0. The van der Waals surface area contributed by atoms with Gasteiger partial charge in [-0.3, -0.25) is 67.3 Å². The molecule has 2 aromatic rings. The van der Waals surface area contributed by atoms with Crippen LogP contribution in [-0.2, 0) is 117 Å². The third-order valence-electron chi connectivity index (χ3n) is 15.6. The Morgan fingerprint density at radius 3 is 1.01 bits per heavy atom. The Kier molecular flexibility index (Phi) is 50.5. The van der Waals surface area contributed by atoms with Crippen LogP contribution >= 0.6 is 33.0 Å². The average molecular weight is 1550 g/mol. The van der Waals surface area contributed by atoms with E-state index in [4.69, 9.17) is 65.2 Å². The molecule has 2 aliphatic rings. The van der Waals surface area contributed by atoms with E-state index in [0.717, 1.165) is 15.4 Å². The number of ether oxygens (including phenoxy) is 8. The number of carbonyl (C=O) groups excluding carboxylic acids is 12. The van der Waals surface area contributed by atoms with E-state index in [1.165, 1.54) is 24.3 Å². The number of primary amides is 2. The molecule has 0 spiro atoms. The van der Waals surface area contributed by atoms with Gasteiger partial charge >= 0.3 is 0 Å². The minimum Gasteiger partial charge on any atom is -0.392 e. The molecule has 4 rings (SSSR count). The van der Waals surface area contributed by atoms with Crippen molar-refractivity contribution in [2.45, 2.75) is 129 Å². The number of alkyl halides is 1. The van der Waals surface area contributed by atoms with Crippen LogP contribution in [0.4, 0.5) is 11.4 Å². The summed E-state index contributed by atoms with van der Waals surface area (Å²) in [5.41, 5.74) is 13.1. The van der Waals surface area contributed by atoms with Gasteiger partial charge in [0, 0.05) is 113 Å². The Labute approximate surface area is 624 Å². The number of aliphatic hydroxyl groups excluding tert-OH is 1. The maximum Gasteiger partial charge on any atom is 0.253 e. The summed E-state index contributed by atoms with van der Waals surface area (Å²) in [5.74, 6) is -5.43. The van der Waals surface area contributed by atoms with Crippen LogP contribution in [0.2, 0.25) is 0 Å². The second-order valence-electron chi connectivity index (χ2n) is 24.3. The molecule has 104 heavy (non-hydrogen) atoms. The number of carbonyl (C=O) groups is 12. The van der Waals surface area contributed by atoms with Crippen molar-refractivity contribution in [3.63, 3.8) is 0 Å². The zero-order valence-electron chi connectivity index (χ0n) is 59.6. The first-order valence-corrected chi connectivity index (χ1v) is 37.7. The number of benzene rings is 2. The van der Waals surface area contributed by atoms with Crippen molar-refractivity contribution in [1.82, 2.24) is 20.4 Å². The molecule has 2 aromatic carbocycles. The van der Waals surface area contributed by atoms with Gasteiger partial charge < -0.3 is 75.7 Å². The number of anilines is 2. The molecule has 0 unspecified atom stereocenters. The van der Waals surface area contributed by atoms with Crippen LogP contribution in [0, 0.1) is 23.7 Å². The van der Waals surface area contributed by atoms with Gasteiger partial charge in [0.15, 0.2) is 0 Å². The molecule has 10 amide bonds. The summed E-state index contributed by atoms with van der Waals surface area (Å²) >= 11 is 5.85. The van der Waals surface area contributed by atoms with Gasteiger partial charge in [-0.05, 0) is 72.9 Å². The third-order valence-corrected chi connectivity index (χ3v) is 15.9. The summed E-state index contributed by atoms with van der Waals surface area (Å²) in [6.07, 6.45) is 8.02. The lowest BCUT2D eigenvalue weighted by molar-refractivity contribution is -0.139. The lowest BCUT2D eigenvalue weighted by atomic mass is 9.88. The van der Waals surface area contributed by atoms with Gasteiger partial charge in [-0.1, -0.05) is 64.8 Å². The Morgan fingerprint density at radius 2 is 0.731 bits per heavy atom. The van der Waals surface area contributed by atoms with Gasteiger partial charge in [0.25, 0.3) is 23.6 Å². The molecule has 582 valence electrons. The number of amides is 10. The Balaban J connectivity index is 0.000000672. The highest BCUT2D eigenvalue weighted by Crippen LogP contribution is 2.22. The second-order valence-corrected chi connectivity index (χ2v) is 27.1. The fraction of sp³-hybridized carbons (Fsp3) is 0.600. The summed E-state index contributed by atoms with van der Waals surface area (Å²) in [7, 11) is 7.36. The minimum absolute atomic E-state index is 0.00520. The number of hydrogen-bond acceptors (Lipinski definition) is 22. The smallest absolute Gasteiger partial charge is 0.253 e. The number of halogens is 3. The molecule has 2 heterocycles. The molecule has 2 aliphatic heterocycles. The van der Waals surface area contributed by atoms with Crippen LogP contribution < -0.4 is 32.7 Å². The van der Waals surface area contributed by atoms with Crippen molar-refractivity contribution >= 4 is 124 Å². The number of aliphatic hydroxyl groups is 1. The van der Waals surface area contributed by atoms with E-state index >= 15 is 0 Å². The Hall–Kier alpha value is -6.98. The van der Waals surface area contributed by atoms with Crippen molar-refractivity contribution in [2.75, 3.05) is 129 Å². The van der Waals surface area contributed by atoms with E-state index in [0.29, 0.717) is 121 Å². The monoisotopic (exact) mass is 1540 g/mol. The molecule has 0 fully saturated rings. The SMILES string of the molecule is CC(C)[C@H](CC(=O)CCOCCOCCOCCOCCN1C(=O)C=CC1=O)C(=O)N[C@@H](CCCCC(N)=O)C(=O)Nc1ccc(CCl)cc1.CC(C)[C@H](CC(=O)CCOCCOCCOCCOCCN1C(=O)C=CC1=O)C(=O)N[C@@H](CCCCC(N)=O)C(=O)Nc1ccc(CO)cc1.O=S(Cl)Cl. The third kappa shape index (κ3) is 43.5. The predicted octanol–water partition coefficient (Wildman–Crippen LogP) is 4.81. The van der Waals surface area contributed by atoms with Crippen molar-refractivity contribution in [1.29, 1.82) is 0 Å². The first-order valence-electron chi connectivity index (χ1n) is 34.4. The molecule has 0 aromatic heterocycles. The highest BCUT2D eigenvalue weighted by Gasteiger charge is 2.32. The van der Waals surface area contributed by atoms with E-state index in [1.807, 2.05) is 27.7 Å². The van der Waals surface area contributed by atoms with E-state index < -0.39 is 68.6 Å². The number of imide groups is 2. The summed E-state index contributed by atoms with van der Waals surface area (Å²) in [6.45, 7) is 12.4. The minimum atomic E-state index is -1.67. The summed E-state index contributed by atoms with van der Waals surface area (Å²) < 4.78 is 52.6. The van der Waals surface area contributed by atoms with Gasteiger partial charge in [0.05, 0.1) is 125 Å². The van der Waals surface area contributed by atoms with E-state index in [2.05, 4.69) is 42.6 Å². The van der Waals surface area contributed by atoms with Crippen molar-refractivity contribution in [3.8, 4) is 0 Å². The molecule has 9 N–H and O–H groups in total. The molecule has 30 nitrogen and oxygen atoms in total. The number of ketones is 2. The normalized spacial score (nSPS) is 13.7. The van der Waals surface area contributed by atoms with Crippen LogP contribution in [0.25, 0.3) is 0 Å². The van der Waals surface area contributed by atoms with Gasteiger partial charge in [-0.2, -0.15) is 0 Å². The molecule has 0 saturated carbocycles. The fourth-order valence-electron chi connectivity index (χ4n) is 9.69. The highest BCUT2D eigenvalue weighted by atomic mass is 36.0. The van der Waals surface area contributed by atoms with Crippen molar-refractivity contribution < 1.29 is 105 Å². The summed E-state index contributed by atoms with van der Waals surface area (Å²) in [4.78, 5) is 149. The maximum absolute atomic E-state index is 13.3. The van der Waals surface area contributed by atoms with Crippen molar-refractivity contribution in [3.05, 3.63) is 84.0 Å². The van der Waals surface area contributed by atoms with E-state index in [-0.39, 0.29) is 151 Å². The van der Waals surface area contributed by atoms with E-state index in [1.54, 1.807) is 48.5 Å². The largest absolute Gasteiger partial charge is 0.392 e. The predicted molar refractivity (Wildman–Crippen MR) is 388 cm³/mol. The quantitative estimate of drug-likeness (QED) is 0.0202. The number of rotatable bonds is 56. The van der Waals surface area contributed by atoms with Gasteiger partial charge in [0.2, 0.25) is 44.7 Å². The van der Waals surface area contributed by atoms with E-state index in [9.17, 15) is 62.6 Å². The molecular weight excluding hydrogens is 1440 g/mol. The number of Topliss-reactive ketones (excluding diaryl/α,β-unsaturated/α-hetero) is 2. The van der Waals surface area contributed by atoms with Crippen molar-refractivity contribution in [2.24, 2.45) is 35.1 Å². The molecule has 0 aliphatic carbocycles. The summed E-state index contributed by atoms with van der Waals surface area (Å²) in [5, 5.41) is 20.5. The number of nitrogens with zero attached hydrogens (tertiary/aromatic N) is 2. The lowest BCUT2D eigenvalue weighted by Gasteiger charge is -2.24. The Bertz CT molecular complexity index is 2830. The maximum atomic E-state index is 13.3. The number of hydrogen-bond donors (Lipinski definition) is 7. The van der Waals surface area contributed by atoms with Crippen LogP contribution in [0.1, 0.15) is 116 Å². The standard InChI is InChI=1S/C35H51ClN4O10.C35H52N4O11.Cl2OS/c1-25(2)29(34(45)39-30(5-3-4-6-31(37)42)35(46)38-27-9-7-26(24-36)8-10-27)23-28(41)13-15-47-17-19-49-21-22-50-20-18-48-16-14-40-32(43)11-12-33(40)44;1-25(2)29(34(45)38-30(5-3-4-6-31(36)42)35(46)37-27-9-7-26(24-40)8-10-27)23-28(41)13-15-47-17-19-49-21-22-50-20-18-48-16-14-39-32(43)11-12-33(39)44;1-4(2)3/h7-12,25,29-30H,3-6,13-24H2,1-2H3,(H2,37,42)(H,38,46)(H,39,45);7-12,25,29-30,40H,3-6,13-24H2,1-2H3,(H2,36,42)(H,37,46)(H,38,45);/t2*29-,30-;/m00./s1. The number of nitrogens with two attached hydrogens (primary N) is 2. The van der Waals surface area contributed by atoms with Gasteiger partial charge in [-0.25, -0.2) is 4.21 Å². The topological polar surface area (TPSA) is 423 Å². The van der Waals surface area contributed by atoms with Crippen LogP contribution in [-0.4, -0.2) is 221 Å².